The fourth-order valence-electron chi connectivity index (χ4n) is 3.55. The first-order valence-corrected chi connectivity index (χ1v) is 10.3. The van der Waals surface area contributed by atoms with Gasteiger partial charge in [0.25, 0.3) is 0 Å². The van der Waals surface area contributed by atoms with Crippen molar-refractivity contribution in [2.24, 2.45) is 0 Å². The lowest BCUT2D eigenvalue weighted by Gasteiger charge is -2.17. The molecule has 1 fully saturated rings. The summed E-state index contributed by atoms with van der Waals surface area (Å²) in [7, 11) is 1.60. The minimum absolute atomic E-state index is 0.176. The number of nitrogens with one attached hydrogen (secondary N) is 1. The lowest BCUT2D eigenvalue weighted by atomic mass is 10.2. The van der Waals surface area contributed by atoms with Crippen LogP contribution in [-0.4, -0.2) is 29.3 Å². The molecule has 162 valence electrons. The van der Waals surface area contributed by atoms with Gasteiger partial charge in [-0.15, -0.1) is 0 Å². The van der Waals surface area contributed by atoms with Crippen molar-refractivity contribution >= 4 is 11.6 Å². The van der Waals surface area contributed by atoms with E-state index in [9.17, 15) is 9.18 Å². The molecule has 1 N–H and O–H groups in total. The number of halogens is 1. The van der Waals surface area contributed by atoms with Crippen LogP contribution in [0.1, 0.15) is 38.0 Å². The van der Waals surface area contributed by atoms with Gasteiger partial charge in [-0.25, -0.2) is 4.39 Å². The predicted molar refractivity (Wildman–Crippen MR) is 113 cm³/mol. The Bertz CT molecular complexity index is 1030. The highest BCUT2D eigenvalue weighted by atomic mass is 19.1. The summed E-state index contributed by atoms with van der Waals surface area (Å²) < 4.78 is 29.7. The molecular weight excluding hydrogens is 401 g/mol. The Morgan fingerprint density at radius 2 is 1.94 bits per heavy atom. The van der Waals surface area contributed by atoms with E-state index in [1.807, 2.05) is 0 Å². The van der Waals surface area contributed by atoms with Crippen LogP contribution in [0.5, 0.6) is 11.5 Å². The Hall–Kier alpha value is -3.42. The van der Waals surface area contributed by atoms with Gasteiger partial charge >= 0.3 is 0 Å². The molecule has 3 aromatic rings. The third-order valence-electron chi connectivity index (χ3n) is 5.18. The van der Waals surface area contributed by atoms with E-state index in [-0.39, 0.29) is 24.2 Å². The molecule has 1 heterocycles. The van der Waals surface area contributed by atoms with Crippen molar-refractivity contribution in [3.63, 3.8) is 0 Å². The maximum absolute atomic E-state index is 13.0. The molecule has 0 spiro atoms. The maximum atomic E-state index is 13.0. The molecule has 4 rings (SSSR count). The molecule has 0 aliphatic heterocycles. The van der Waals surface area contributed by atoms with Crippen molar-refractivity contribution in [1.29, 1.82) is 0 Å². The average Bonchev–Trinajstić information content (AvgIpc) is 3.45. The standard InChI is InChI=1S/C23H24FN3O4/c1-29-19-11-10-17(14-20(19)30-18-4-2-3-5-18)25-21(28)12-13-22-26-23(27-31-22)15-6-8-16(24)9-7-15/h6-11,14,18H,2-5,12-13H2,1H3,(H,25,28). The van der Waals surface area contributed by atoms with Crippen LogP contribution in [-0.2, 0) is 11.2 Å². The van der Waals surface area contributed by atoms with Crippen LogP contribution in [0.4, 0.5) is 10.1 Å². The summed E-state index contributed by atoms with van der Waals surface area (Å²) in [6.45, 7) is 0. The number of ether oxygens (including phenoxy) is 2. The minimum atomic E-state index is -0.334. The first kappa shape index (κ1) is 20.8. The monoisotopic (exact) mass is 425 g/mol. The highest BCUT2D eigenvalue weighted by Crippen LogP contribution is 2.34. The van der Waals surface area contributed by atoms with Crippen LogP contribution in [0.3, 0.4) is 0 Å². The number of amides is 1. The smallest absolute Gasteiger partial charge is 0.227 e. The lowest BCUT2D eigenvalue weighted by Crippen LogP contribution is -2.14. The zero-order chi connectivity index (χ0) is 21.6. The molecule has 0 saturated heterocycles. The molecule has 0 atom stereocenters. The summed E-state index contributed by atoms with van der Waals surface area (Å²) in [5.41, 5.74) is 1.28. The number of hydrogen-bond donors (Lipinski definition) is 1. The molecule has 1 aliphatic rings. The van der Waals surface area contributed by atoms with Gasteiger partial charge < -0.3 is 19.3 Å². The van der Waals surface area contributed by atoms with Crippen molar-refractivity contribution in [2.75, 3.05) is 12.4 Å². The number of carbonyl (C=O) groups excluding carboxylic acids is 1. The third kappa shape index (κ3) is 5.39. The number of benzene rings is 2. The number of hydrogen-bond acceptors (Lipinski definition) is 6. The van der Waals surface area contributed by atoms with Crippen LogP contribution in [0, 0.1) is 5.82 Å². The Morgan fingerprint density at radius 1 is 1.16 bits per heavy atom. The van der Waals surface area contributed by atoms with Crippen LogP contribution >= 0.6 is 0 Å². The summed E-state index contributed by atoms with van der Waals surface area (Å²) in [5, 5.41) is 6.75. The van der Waals surface area contributed by atoms with Gasteiger partial charge in [0, 0.05) is 30.2 Å². The first-order chi connectivity index (χ1) is 15.1. The van der Waals surface area contributed by atoms with Gasteiger partial charge in [-0.2, -0.15) is 4.98 Å². The van der Waals surface area contributed by atoms with E-state index in [0.29, 0.717) is 40.9 Å². The number of aryl methyl sites for hydroxylation is 1. The first-order valence-electron chi connectivity index (χ1n) is 10.3. The average molecular weight is 425 g/mol. The van der Waals surface area contributed by atoms with Crippen molar-refractivity contribution in [2.45, 2.75) is 44.6 Å². The molecule has 1 amide bonds. The van der Waals surface area contributed by atoms with Crippen LogP contribution < -0.4 is 14.8 Å². The second-order valence-electron chi connectivity index (χ2n) is 7.46. The predicted octanol–water partition coefficient (Wildman–Crippen LogP) is 4.78. The number of aromatic nitrogens is 2. The second-order valence-corrected chi connectivity index (χ2v) is 7.46. The van der Waals surface area contributed by atoms with Gasteiger partial charge in [0.2, 0.25) is 17.6 Å². The summed E-state index contributed by atoms with van der Waals surface area (Å²) in [5.74, 6) is 1.46. The molecule has 0 radical (unpaired) electrons. The Labute approximate surface area is 179 Å². The zero-order valence-electron chi connectivity index (χ0n) is 17.3. The van der Waals surface area contributed by atoms with Crippen LogP contribution in [0.25, 0.3) is 11.4 Å². The van der Waals surface area contributed by atoms with E-state index in [1.54, 1.807) is 37.4 Å². The van der Waals surface area contributed by atoms with Crippen molar-refractivity contribution in [3.8, 4) is 22.9 Å². The van der Waals surface area contributed by atoms with Crippen molar-refractivity contribution < 1.29 is 23.2 Å². The van der Waals surface area contributed by atoms with E-state index in [4.69, 9.17) is 14.0 Å². The van der Waals surface area contributed by atoms with Gasteiger partial charge in [-0.05, 0) is 62.1 Å². The molecule has 2 aromatic carbocycles. The Kier molecular flexibility index (Phi) is 6.45. The van der Waals surface area contributed by atoms with E-state index >= 15 is 0 Å². The summed E-state index contributed by atoms with van der Waals surface area (Å²) >= 11 is 0. The molecule has 7 nitrogen and oxygen atoms in total. The summed E-state index contributed by atoms with van der Waals surface area (Å²) in [4.78, 5) is 16.7. The molecule has 0 bridgehead atoms. The normalized spacial score (nSPS) is 13.9. The fraction of sp³-hybridized carbons (Fsp3) is 0.348. The minimum Gasteiger partial charge on any atom is -0.493 e. The van der Waals surface area contributed by atoms with Gasteiger partial charge in [0.1, 0.15) is 5.82 Å². The second kappa shape index (κ2) is 9.59. The lowest BCUT2D eigenvalue weighted by molar-refractivity contribution is -0.116. The van der Waals surface area contributed by atoms with E-state index in [1.165, 1.54) is 25.0 Å². The highest BCUT2D eigenvalue weighted by molar-refractivity contribution is 5.91. The topological polar surface area (TPSA) is 86.5 Å². The summed E-state index contributed by atoms with van der Waals surface area (Å²) in [6.07, 6.45) is 5.06. The summed E-state index contributed by atoms with van der Waals surface area (Å²) in [6, 6.07) is 11.2. The van der Waals surface area contributed by atoms with E-state index in [2.05, 4.69) is 15.5 Å². The van der Waals surface area contributed by atoms with Crippen molar-refractivity contribution in [1.82, 2.24) is 10.1 Å². The number of rotatable bonds is 8. The Balaban J connectivity index is 1.34. The molecule has 8 heteroatoms. The molecule has 1 saturated carbocycles. The quantitative estimate of drug-likeness (QED) is 0.559. The maximum Gasteiger partial charge on any atom is 0.227 e. The highest BCUT2D eigenvalue weighted by Gasteiger charge is 2.19. The van der Waals surface area contributed by atoms with Crippen LogP contribution in [0.2, 0.25) is 0 Å². The molecule has 1 aliphatic carbocycles. The fourth-order valence-corrected chi connectivity index (χ4v) is 3.55. The number of carbonyl (C=O) groups is 1. The molecule has 31 heavy (non-hydrogen) atoms. The van der Waals surface area contributed by atoms with Gasteiger partial charge in [0.05, 0.1) is 13.2 Å². The van der Waals surface area contributed by atoms with E-state index < -0.39 is 0 Å². The zero-order valence-corrected chi connectivity index (χ0v) is 17.3. The van der Waals surface area contributed by atoms with E-state index in [0.717, 1.165) is 12.8 Å². The van der Waals surface area contributed by atoms with Gasteiger partial charge in [0.15, 0.2) is 11.5 Å². The molecular formula is C23H24FN3O4. The van der Waals surface area contributed by atoms with Crippen LogP contribution in [0.15, 0.2) is 47.0 Å². The Morgan fingerprint density at radius 3 is 2.68 bits per heavy atom. The largest absolute Gasteiger partial charge is 0.493 e. The molecule has 1 aromatic heterocycles. The number of methoxy groups -OCH3 is 1. The third-order valence-corrected chi connectivity index (χ3v) is 5.18. The van der Waals surface area contributed by atoms with Gasteiger partial charge in [-0.1, -0.05) is 5.16 Å². The SMILES string of the molecule is COc1ccc(NC(=O)CCc2nc(-c3ccc(F)cc3)no2)cc1OC1CCCC1. The van der Waals surface area contributed by atoms with Crippen molar-refractivity contribution in [3.05, 3.63) is 54.2 Å². The number of nitrogens with zero attached hydrogens (tertiary/aromatic N) is 2. The molecule has 0 unspecified atom stereocenters. The number of anilines is 1. The van der Waals surface area contributed by atoms with Gasteiger partial charge in [-0.3, -0.25) is 4.79 Å².